The normalized spacial score (nSPS) is 32.7. The summed E-state index contributed by atoms with van der Waals surface area (Å²) in [6.07, 6.45) is -5.46. The Kier molecular flexibility index (Phi) is 4.92. The fraction of sp³-hybridized carbons (Fsp3) is 0.500. The lowest BCUT2D eigenvalue weighted by Gasteiger charge is -2.40. The largest absolute Gasteiger partial charge is 0.394 e. The van der Waals surface area contributed by atoms with E-state index in [1.807, 2.05) is 0 Å². The maximum atomic E-state index is 12.2. The van der Waals surface area contributed by atoms with Crippen molar-refractivity contribution in [3.05, 3.63) is 35.4 Å². The highest BCUT2D eigenvalue weighted by Crippen LogP contribution is 2.20. The zero-order chi connectivity index (χ0) is 15.6. The van der Waals surface area contributed by atoms with Crippen molar-refractivity contribution in [2.75, 3.05) is 6.61 Å². The lowest BCUT2D eigenvalue weighted by Crippen LogP contribution is -2.64. The van der Waals surface area contributed by atoms with Crippen LogP contribution in [0.1, 0.15) is 15.9 Å². The number of hydrogen-bond acceptors (Lipinski definition) is 6. The summed E-state index contributed by atoms with van der Waals surface area (Å²) in [4.78, 5) is 12.2. The molecule has 0 aliphatic carbocycles. The standard InChI is InChI=1S/C14H19NO6/c1-7-4-2-3-5-8(7)13(19)15-10-12(18)11(17)9(6-16)21-14(10)20/h2-5,9-12,14,16-18,20H,6H2,1H3,(H,15,19)/t9-,10+,11-,12-,14+/m1/s1. The molecule has 1 aliphatic heterocycles. The van der Waals surface area contributed by atoms with E-state index in [2.05, 4.69) is 5.32 Å². The van der Waals surface area contributed by atoms with E-state index in [9.17, 15) is 20.1 Å². The first-order valence-electron chi connectivity index (χ1n) is 6.62. The highest BCUT2D eigenvalue weighted by molar-refractivity contribution is 5.95. The molecule has 2 rings (SSSR count). The SMILES string of the molecule is Cc1ccccc1C(=O)N[C@H]1[C@@H](O)[C@H](O)[C@@H](CO)O[C@@H]1O. The van der Waals surface area contributed by atoms with Gasteiger partial charge in [-0.05, 0) is 18.6 Å². The van der Waals surface area contributed by atoms with E-state index >= 15 is 0 Å². The van der Waals surface area contributed by atoms with Crippen LogP contribution in [0.15, 0.2) is 24.3 Å². The number of amides is 1. The topological polar surface area (TPSA) is 119 Å². The summed E-state index contributed by atoms with van der Waals surface area (Å²) < 4.78 is 4.98. The van der Waals surface area contributed by atoms with E-state index in [1.165, 1.54) is 0 Å². The van der Waals surface area contributed by atoms with E-state index in [0.29, 0.717) is 5.56 Å². The van der Waals surface area contributed by atoms with E-state index in [4.69, 9.17) is 9.84 Å². The molecule has 1 aromatic rings. The van der Waals surface area contributed by atoms with Gasteiger partial charge in [-0.2, -0.15) is 0 Å². The van der Waals surface area contributed by atoms with Crippen molar-refractivity contribution in [2.24, 2.45) is 0 Å². The van der Waals surface area contributed by atoms with Gasteiger partial charge in [-0.15, -0.1) is 0 Å². The average molecular weight is 297 g/mol. The van der Waals surface area contributed by atoms with Crippen molar-refractivity contribution in [1.29, 1.82) is 0 Å². The Hall–Kier alpha value is -1.51. The van der Waals surface area contributed by atoms with Gasteiger partial charge >= 0.3 is 0 Å². The van der Waals surface area contributed by atoms with Crippen LogP contribution in [0, 0.1) is 6.92 Å². The molecule has 0 unspecified atom stereocenters. The van der Waals surface area contributed by atoms with Gasteiger partial charge in [0.1, 0.15) is 24.4 Å². The maximum absolute atomic E-state index is 12.2. The Balaban J connectivity index is 2.12. The molecule has 0 saturated carbocycles. The molecule has 1 fully saturated rings. The fourth-order valence-electron chi connectivity index (χ4n) is 2.31. The minimum atomic E-state index is -1.52. The van der Waals surface area contributed by atoms with Gasteiger partial charge in [-0.25, -0.2) is 0 Å². The second-order valence-electron chi connectivity index (χ2n) is 5.04. The summed E-state index contributed by atoms with van der Waals surface area (Å²) in [5, 5.41) is 41.0. The summed E-state index contributed by atoms with van der Waals surface area (Å²) in [6.45, 7) is 1.21. The van der Waals surface area contributed by atoms with Crippen LogP contribution in [-0.2, 0) is 4.74 Å². The van der Waals surface area contributed by atoms with Gasteiger partial charge in [0.2, 0.25) is 0 Å². The van der Waals surface area contributed by atoms with Gasteiger partial charge in [0.15, 0.2) is 6.29 Å². The highest BCUT2D eigenvalue weighted by atomic mass is 16.6. The summed E-state index contributed by atoms with van der Waals surface area (Å²) in [7, 11) is 0. The molecular formula is C14H19NO6. The number of ether oxygens (including phenoxy) is 1. The monoisotopic (exact) mass is 297 g/mol. The smallest absolute Gasteiger partial charge is 0.252 e. The van der Waals surface area contributed by atoms with Crippen molar-refractivity contribution in [3.63, 3.8) is 0 Å². The van der Waals surface area contributed by atoms with Crippen molar-refractivity contribution in [2.45, 2.75) is 37.6 Å². The third-order valence-electron chi connectivity index (χ3n) is 3.59. The second kappa shape index (κ2) is 6.50. The minimum Gasteiger partial charge on any atom is -0.394 e. The molecule has 0 bridgehead atoms. The quantitative estimate of drug-likeness (QED) is 0.464. The van der Waals surface area contributed by atoms with Gasteiger partial charge in [-0.3, -0.25) is 4.79 Å². The Morgan fingerprint density at radius 3 is 2.52 bits per heavy atom. The zero-order valence-electron chi connectivity index (χ0n) is 11.5. The number of carbonyl (C=O) groups excluding carboxylic acids is 1. The first-order valence-corrected chi connectivity index (χ1v) is 6.62. The lowest BCUT2D eigenvalue weighted by atomic mass is 9.96. The summed E-state index contributed by atoms with van der Waals surface area (Å²) in [5.74, 6) is -0.491. The number of aryl methyl sites for hydroxylation is 1. The highest BCUT2D eigenvalue weighted by Gasteiger charge is 2.44. The second-order valence-corrected chi connectivity index (χ2v) is 5.04. The molecule has 1 aliphatic rings. The van der Waals surface area contributed by atoms with Crippen LogP contribution in [-0.4, -0.2) is 63.6 Å². The molecule has 7 nitrogen and oxygen atoms in total. The van der Waals surface area contributed by atoms with Crippen LogP contribution in [0.25, 0.3) is 0 Å². The number of benzene rings is 1. The Morgan fingerprint density at radius 1 is 1.24 bits per heavy atom. The Labute approximate surface area is 121 Å². The third-order valence-corrected chi connectivity index (χ3v) is 3.59. The fourth-order valence-corrected chi connectivity index (χ4v) is 2.31. The van der Waals surface area contributed by atoms with E-state index in [0.717, 1.165) is 5.56 Å². The summed E-state index contributed by atoms with van der Waals surface area (Å²) >= 11 is 0. The van der Waals surface area contributed by atoms with Gasteiger partial charge in [-0.1, -0.05) is 18.2 Å². The van der Waals surface area contributed by atoms with Crippen molar-refractivity contribution >= 4 is 5.91 Å². The van der Waals surface area contributed by atoms with Crippen LogP contribution in [0.2, 0.25) is 0 Å². The molecule has 1 heterocycles. The molecule has 21 heavy (non-hydrogen) atoms. The number of carbonyl (C=O) groups is 1. The Morgan fingerprint density at radius 2 is 1.90 bits per heavy atom. The summed E-state index contributed by atoms with van der Waals surface area (Å²) in [6, 6.07) is 5.67. The predicted molar refractivity (Wildman–Crippen MR) is 72.4 cm³/mol. The van der Waals surface area contributed by atoms with Crippen LogP contribution >= 0.6 is 0 Å². The number of rotatable bonds is 3. The lowest BCUT2D eigenvalue weighted by molar-refractivity contribution is -0.252. The van der Waals surface area contributed by atoms with E-state index < -0.39 is 43.2 Å². The molecule has 0 spiro atoms. The molecule has 5 atom stereocenters. The van der Waals surface area contributed by atoms with Crippen LogP contribution < -0.4 is 5.32 Å². The maximum Gasteiger partial charge on any atom is 0.252 e. The number of aliphatic hydroxyl groups is 4. The van der Waals surface area contributed by atoms with Gasteiger partial charge < -0.3 is 30.5 Å². The third kappa shape index (κ3) is 3.22. The molecule has 0 aromatic heterocycles. The van der Waals surface area contributed by atoms with Crippen molar-refractivity contribution in [3.8, 4) is 0 Å². The van der Waals surface area contributed by atoms with Crippen LogP contribution in [0.4, 0.5) is 0 Å². The Bertz CT molecular complexity index is 508. The molecule has 0 radical (unpaired) electrons. The molecule has 1 aromatic carbocycles. The molecule has 116 valence electrons. The average Bonchev–Trinajstić information content (AvgIpc) is 2.47. The van der Waals surface area contributed by atoms with E-state index in [1.54, 1.807) is 31.2 Å². The van der Waals surface area contributed by atoms with E-state index in [-0.39, 0.29) is 0 Å². The minimum absolute atomic E-state index is 0.399. The molecular weight excluding hydrogens is 278 g/mol. The first-order chi connectivity index (χ1) is 9.95. The summed E-state index contributed by atoms with van der Waals surface area (Å²) in [5.41, 5.74) is 1.14. The number of nitrogens with one attached hydrogen (secondary N) is 1. The van der Waals surface area contributed by atoms with Crippen molar-refractivity contribution < 1.29 is 30.0 Å². The molecule has 1 amide bonds. The number of hydrogen-bond donors (Lipinski definition) is 5. The van der Waals surface area contributed by atoms with Gasteiger partial charge in [0.05, 0.1) is 6.61 Å². The zero-order valence-corrected chi connectivity index (χ0v) is 11.5. The molecule has 1 saturated heterocycles. The van der Waals surface area contributed by atoms with Gasteiger partial charge in [0.25, 0.3) is 5.91 Å². The molecule has 5 N–H and O–H groups in total. The van der Waals surface area contributed by atoms with Crippen LogP contribution in [0.3, 0.4) is 0 Å². The van der Waals surface area contributed by atoms with Crippen LogP contribution in [0.5, 0.6) is 0 Å². The molecule has 7 heteroatoms. The van der Waals surface area contributed by atoms with Gasteiger partial charge in [0, 0.05) is 5.56 Å². The number of aliphatic hydroxyl groups excluding tert-OH is 4. The van der Waals surface area contributed by atoms with Crippen molar-refractivity contribution in [1.82, 2.24) is 5.32 Å². The predicted octanol–water partition coefficient (Wildman–Crippen LogP) is -1.48. The first kappa shape index (κ1) is 15.9.